The van der Waals surface area contributed by atoms with Gasteiger partial charge in [-0.2, -0.15) is 0 Å². The van der Waals surface area contributed by atoms with Crippen LogP contribution in [0, 0.1) is 5.82 Å². The van der Waals surface area contributed by atoms with Crippen LogP contribution in [-0.4, -0.2) is 27.4 Å². The molecule has 1 aromatic carbocycles. The number of hydrogen-bond donors (Lipinski definition) is 3. The first-order valence-electron chi connectivity index (χ1n) is 7.51. The van der Waals surface area contributed by atoms with Crippen LogP contribution in [0.2, 0.25) is 0 Å². The van der Waals surface area contributed by atoms with E-state index in [0.717, 1.165) is 12.1 Å². The molecule has 1 aliphatic rings. The van der Waals surface area contributed by atoms with Crippen LogP contribution in [0.4, 0.5) is 10.1 Å². The fourth-order valence-corrected chi connectivity index (χ4v) is 2.78. The number of anilines is 1. The van der Waals surface area contributed by atoms with Gasteiger partial charge in [0.25, 0.3) is 5.91 Å². The summed E-state index contributed by atoms with van der Waals surface area (Å²) < 4.78 is 14.0. The number of aromatic amines is 1. The van der Waals surface area contributed by atoms with Gasteiger partial charge in [-0.05, 0) is 30.3 Å². The number of aromatic nitrogens is 3. The normalized spacial score (nSPS) is 13.5. The Hall–Kier alpha value is -3.22. The van der Waals surface area contributed by atoms with E-state index in [-0.39, 0.29) is 17.3 Å². The lowest BCUT2D eigenvalue weighted by Gasteiger charge is -2.10. The zero-order valence-electron chi connectivity index (χ0n) is 12.6. The van der Waals surface area contributed by atoms with E-state index in [1.807, 2.05) is 0 Å². The molecule has 7 heteroatoms. The molecule has 0 saturated heterocycles. The molecule has 0 saturated carbocycles. The van der Waals surface area contributed by atoms with Crippen molar-refractivity contribution >= 4 is 11.6 Å². The molecule has 3 aromatic rings. The Morgan fingerprint density at radius 3 is 2.88 bits per heavy atom. The van der Waals surface area contributed by atoms with Gasteiger partial charge in [-0.1, -0.05) is 0 Å². The number of benzene rings is 1. The summed E-state index contributed by atoms with van der Waals surface area (Å²) in [5, 5.41) is 2.80. The second-order valence-electron chi connectivity index (χ2n) is 5.59. The first-order valence-corrected chi connectivity index (χ1v) is 7.51. The minimum absolute atomic E-state index is 0.102. The van der Waals surface area contributed by atoms with Gasteiger partial charge in [0.2, 0.25) is 0 Å². The second-order valence-corrected chi connectivity index (χ2v) is 5.59. The van der Waals surface area contributed by atoms with E-state index in [1.54, 1.807) is 18.3 Å². The maximum Gasteiger partial charge on any atom is 0.253 e. The molecule has 3 heterocycles. The minimum Gasteiger partial charge on any atom is -0.399 e. The summed E-state index contributed by atoms with van der Waals surface area (Å²) in [6.45, 7) is 0.606. The number of amides is 1. The van der Waals surface area contributed by atoms with Gasteiger partial charge in [0.05, 0.1) is 22.5 Å². The molecule has 0 unspecified atom stereocenters. The largest absolute Gasteiger partial charge is 0.399 e. The summed E-state index contributed by atoms with van der Waals surface area (Å²) in [6.07, 6.45) is 2.29. The highest BCUT2D eigenvalue weighted by Gasteiger charge is 2.20. The molecule has 1 amide bonds. The van der Waals surface area contributed by atoms with Crippen molar-refractivity contribution in [3.05, 3.63) is 53.6 Å². The fourth-order valence-electron chi connectivity index (χ4n) is 2.78. The maximum atomic E-state index is 14.0. The summed E-state index contributed by atoms with van der Waals surface area (Å²) in [5.74, 6) is -0.296. The maximum absolute atomic E-state index is 14.0. The Morgan fingerprint density at radius 2 is 2.04 bits per heavy atom. The molecule has 0 atom stereocenters. The van der Waals surface area contributed by atoms with Gasteiger partial charge in [-0.3, -0.25) is 4.79 Å². The third kappa shape index (κ3) is 2.40. The molecule has 0 bridgehead atoms. The summed E-state index contributed by atoms with van der Waals surface area (Å²) in [6, 6.07) is 7.74. The number of nitrogens with one attached hydrogen (secondary N) is 2. The van der Waals surface area contributed by atoms with Gasteiger partial charge in [-0.15, -0.1) is 0 Å². The van der Waals surface area contributed by atoms with Crippen molar-refractivity contribution in [1.29, 1.82) is 0 Å². The lowest BCUT2D eigenvalue weighted by atomic mass is 10.1. The van der Waals surface area contributed by atoms with Crippen molar-refractivity contribution in [3.8, 4) is 22.8 Å². The topological polar surface area (TPSA) is 96.7 Å². The van der Waals surface area contributed by atoms with E-state index >= 15 is 0 Å². The first-order chi connectivity index (χ1) is 11.6. The first kappa shape index (κ1) is 14.4. The molecule has 0 fully saturated rings. The Kier molecular flexibility index (Phi) is 3.26. The van der Waals surface area contributed by atoms with E-state index in [0.29, 0.717) is 29.2 Å². The molecule has 24 heavy (non-hydrogen) atoms. The smallest absolute Gasteiger partial charge is 0.253 e. The van der Waals surface area contributed by atoms with E-state index < -0.39 is 5.82 Å². The molecule has 4 rings (SSSR count). The van der Waals surface area contributed by atoms with Gasteiger partial charge in [0.15, 0.2) is 5.82 Å². The highest BCUT2D eigenvalue weighted by atomic mass is 19.1. The Labute approximate surface area is 136 Å². The number of rotatable bonds is 2. The van der Waals surface area contributed by atoms with E-state index in [2.05, 4.69) is 20.3 Å². The number of carbonyl (C=O) groups is 1. The highest BCUT2D eigenvalue weighted by molar-refractivity contribution is 5.97. The molecule has 1 aliphatic heterocycles. The van der Waals surface area contributed by atoms with Gasteiger partial charge in [0.1, 0.15) is 5.82 Å². The van der Waals surface area contributed by atoms with Crippen molar-refractivity contribution in [2.24, 2.45) is 0 Å². The number of halogens is 1. The van der Waals surface area contributed by atoms with Crippen LogP contribution in [0.25, 0.3) is 22.8 Å². The third-order valence-electron chi connectivity index (χ3n) is 3.97. The zero-order valence-corrected chi connectivity index (χ0v) is 12.6. The number of H-pyrrole nitrogens is 1. The number of nitrogen functional groups attached to an aromatic ring is 1. The molecule has 4 N–H and O–H groups in total. The Bertz CT molecular complexity index is 950. The Balaban J connectivity index is 1.78. The number of nitrogens with two attached hydrogens (primary N) is 1. The van der Waals surface area contributed by atoms with Crippen LogP contribution in [0.15, 0.2) is 36.5 Å². The van der Waals surface area contributed by atoms with Gasteiger partial charge < -0.3 is 16.0 Å². The molecule has 0 aliphatic carbocycles. The predicted molar refractivity (Wildman–Crippen MR) is 87.7 cm³/mol. The quantitative estimate of drug-likeness (QED) is 0.630. The predicted octanol–water partition coefficient (Wildman–Crippen LogP) is 2.15. The average Bonchev–Trinajstić information content (AvgIpc) is 3.03. The van der Waals surface area contributed by atoms with Crippen LogP contribution >= 0.6 is 0 Å². The van der Waals surface area contributed by atoms with E-state index in [4.69, 9.17) is 5.73 Å². The number of nitrogens with zero attached hydrogens (tertiary/aromatic N) is 2. The molecule has 6 nitrogen and oxygen atoms in total. The molecule has 120 valence electrons. The van der Waals surface area contributed by atoms with Crippen LogP contribution in [0.3, 0.4) is 0 Å². The number of fused-ring (bicyclic) bond motifs is 1. The van der Waals surface area contributed by atoms with Crippen molar-refractivity contribution < 1.29 is 9.18 Å². The van der Waals surface area contributed by atoms with Crippen LogP contribution in [0.1, 0.15) is 16.1 Å². The average molecular weight is 323 g/mol. The molecular formula is C17H14FN5O. The van der Waals surface area contributed by atoms with Gasteiger partial charge in [0, 0.05) is 30.5 Å². The summed E-state index contributed by atoms with van der Waals surface area (Å²) in [7, 11) is 0. The van der Waals surface area contributed by atoms with Crippen LogP contribution < -0.4 is 11.1 Å². The minimum atomic E-state index is -0.438. The Morgan fingerprint density at radius 1 is 1.17 bits per heavy atom. The van der Waals surface area contributed by atoms with E-state index in [1.165, 1.54) is 18.2 Å². The third-order valence-corrected chi connectivity index (χ3v) is 3.97. The number of carbonyl (C=O) groups excluding carboxylic acids is 1. The summed E-state index contributed by atoms with van der Waals surface area (Å²) >= 11 is 0. The molecule has 0 radical (unpaired) electrons. The van der Waals surface area contributed by atoms with Crippen molar-refractivity contribution in [1.82, 2.24) is 20.3 Å². The zero-order chi connectivity index (χ0) is 16.7. The fraction of sp³-hybridized carbons (Fsp3) is 0.118. The lowest BCUT2D eigenvalue weighted by Crippen LogP contribution is -2.31. The van der Waals surface area contributed by atoms with Crippen molar-refractivity contribution in [2.45, 2.75) is 6.42 Å². The molecule has 2 aromatic heterocycles. The summed E-state index contributed by atoms with van der Waals surface area (Å²) in [5.41, 5.74) is 9.18. The molecule has 0 spiro atoms. The van der Waals surface area contributed by atoms with Crippen LogP contribution in [-0.2, 0) is 6.42 Å². The SMILES string of the molecule is Nc1ccc(F)c(-c2nccc(-c3cc4c([nH]3)CCNC4=O)n2)c1. The molecular weight excluding hydrogens is 309 g/mol. The van der Waals surface area contributed by atoms with E-state index in [9.17, 15) is 9.18 Å². The van der Waals surface area contributed by atoms with Gasteiger partial charge >= 0.3 is 0 Å². The summed E-state index contributed by atoms with van der Waals surface area (Å²) in [4.78, 5) is 23.6. The standard InChI is InChI=1S/C17H14FN5O/c18-12-2-1-9(19)7-10(12)16-20-5-4-14(23-16)15-8-11-13(22-15)3-6-21-17(11)24/h1-2,4-5,7-8,22H,3,6,19H2,(H,21,24). The second kappa shape index (κ2) is 5.45. The van der Waals surface area contributed by atoms with Crippen molar-refractivity contribution in [2.75, 3.05) is 12.3 Å². The van der Waals surface area contributed by atoms with Crippen molar-refractivity contribution in [3.63, 3.8) is 0 Å². The van der Waals surface area contributed by atoms with Crippen LogP contribution in [0.5, 0.6) is 0 Å². The van der Waals surface area contributed by atoms with Gasteiger partial charge in [-0.25, -0.2) is 14.4 Å². The highest BCUT2D eigenvalue weighted by Crippen LogP contribution is 2.26. The lowest BCUT2D eigenvalue weighted by molar-refractivity contribution is 0.0946. The number of hydrogen-bond acceptors (Lipinski definition) is 4. The monoisotopic (exact) mass is 323 g/mol.